The SMILES string of the molecule is C=C(N)c1cc(C(C)(C)C)ccn1. The highest BCUT2D eigenvalue weighted by atomic mass is 14.7. The Morgan fingerprint density at radius 2 is 2.08 bits per heavy atom. The van der Waals surface area contributed by atoms with Crippen molar-refractivity contribution < 1.29 is 0 Å². The quantitative estimate of drug-likeness (QED) is 0.713. The summed E-state index contributed by atoms with van der Waals surface area (Å²) in [5.41, 5.74) is 8.22. The van der Waals surface area contributed by atoms with E-state index in [-0.39, 0.29) is 5.41 Å². The minimum Gasteiger partial charge on any atom is -0.397 e. The first-order valence-electron chi connectivity index (χ1n) is 4.32. The van der Waals surface area contributed by atoms with Gasteiger partial charge in [-0.1, -0.05) is 27.4 Å². The summed E-state index contributed by atoms with van der Waals surface area (Å²) >= 11 is 0. The Morgan fingerprint density at radius 3 is 2.54 bits per heavy atom. The fourth-order valence-corrected chi connectivity index (χ4v) is 1.07. The molecule has 1 rings (SSSR count). The lowest BCUT2D eigenvalue weighted by atomic mass is 9.87. The molecule has 70 valence electrons. The summed E-state index contributed by atoms with van der Waals surface area (Å²) in [7, 11) is 0. The number of pyridine rings is 1. The minimum atomic E-state index is 0.132. The van der Waals surface area contributed by atoms with Gasteiger partial charge in [-0.2, -0.15) is 0 Å². The Bertz CT molecular complexity index is 321. The van der Waals surface area contributed by atoms with Crippen molar-refractivity contribution in [2.75, 3.05) is 0 Å². The van der Waals surface area contributed by atoms with Gasteiger partial charge in [-0.25, -0.2) is 0 Å². The molecular weight excluding hydrogens is 160 g/mol. The summed E-state index contributed by atoms with van der Waals surface area (Å²) in [4.78, 5) is 4.13. The van der Waals surface area contributed by atoms with Gasteiger partial charge in [0.2, 0.25) is 0 Å². The number of nitrogens with two attached hydrogens (primary N) is 1. The van der Waals surface area contributed by atoms with E-state index in [1.165, 1.54) is 5.56 Å². The molecule has 0 spiro atoms. The lowest BCUT2D eigenvalue weighted by Crippen LogP contribution is -2.12. The van der Waals surface area contributed by atoms with Crippen molar-refractivity contribution in [1.82, 2.24) is 4.98 Å². The topological polar surface area (TPSA) is 38.9 Å². The molecule has 0 aromatic carbocycles. The molecule has 1 aromatic rings. The zero-order valence-corrected chi connectivity index (χ0v) is 8.46. The first-order chi connectivity index (χ1) is 5.91. The number of hydrogen-bond donors (Lipinski definition) is 1. The third kappa shape index (κ3) is 2.31. The van der Waals surface area contributed by atoms with E-state index >= 15 is 0 Å². The molecule has 0 fully saturated rings. The summed E-state index contributed by atoms with van der Waals surface area (Å²) in [6, 6.07) is 3.99. The normalized spacial score (nSPS) is 11.3. The van der Waals surface area contributed by atoms with Crippen molar-refractivity contribution in [3.63, 3.8) is 0 Å². The molecule has 1 aromatic heterocycles. The standard InChI is InChI=1S/C11H16N2/c1-8(12)10-7-9(5-6-13-10)11(2,3)4/h5-7H,1,12H2,2-4H3. The third-order valence-electron chi connectivity index (χ3n) is 1.95. The van der Waals surface area contributed by atoms with Crippen molar-refractivity contribution in [3.8, 4) is 0 Å². The van der Waals surface area contributed by atoms with Crippen LogP contribution in [0.25, 0.3) is 5.70 Å². The van der Waals surface area contributed by atoms with Crippen LogP contribution in [-0.4, -0.2) is 4.98 Å². The fraction of sp³-hybridized carbons (Fsp3) is 0.364. The monoisotopic (exact) mass is 176 g/mol. The second-order valence-electron chi connectivity index (χ2n) is 4.20. The maximum absolute atomic E-state index is 5.57. The van der Waals surface area contributed by atoms with Crippen LogP contribution in [0.1, 0.15) is 32.0 Å². The average molecular weight is 176 g/mol. The highest BCUT2D eigenvalue weighted by Crippen LogP contribution is 2.22. The van der Waals surface area contributed by atoms with Crippen LogP contribution in [0, 0.1) is 0 Å². The van der Waals surface area contributed by atoms with E-state index in [0.717, 1.165) is 5.69 Å². The average Bonchev–Trinajstić information content (AvgIpc) is 2.03. The molecule has 13 heavy (non-hydrogen) atoms. The molecule has 0 aliphatic carbocycles. The van der Waals surface area contributed by atoms with Crippen LogP contribution in [0.5, 0.6) is 0 Å². The van der Waals surface area contributed by atoms with Crippen LogP contribution in [0.15, 0.2) is 24.9 Å². The minimum absolute atomic E-state index is 0.132. The second-order valence-corrected chi connectivity index (χ2v) is 4.20. The maximum Gasteiger partial charge on any atom is 0.0855 e. The Hall–Kier alpha value is -1.31. The van der Waals surface area contributed by atoms with Crippen molar-refractivity contribution in [1.29, 1.82) is 0 Å². The van der Waals surface area contributed by atoms with E-state index < -0.39 is 0 Å². The smallest absolute Gasteiger partial charge is 0.0855 e. The molecule has 0 saturated carbocycles. The zero-order valence-electron chi connectivity index (χ0n) is 8.46. The maximum atomic E-state index is 5.57. The molecule has 2 nitrogen and oxygen atoms in total. The highest BCUT2D eigenvalue weighted by molar-refractivity contribution is 5.57. The van der Waals surface area contributed by atoms with Gasteiger partial charge in [-0.3, -0.25) is 4.98 Å². The van der Waals surface area contributed by atoms with E-state index in [0.29, 0.717) is 5.70 Å². The molecular formula is C11H16N2. The number of rotatable bonds is 1. The van der Waals surface area contributed by atoms with Crippen LogP contribution in [-0.2, 0) is 5.41 Å². The van der Waals surface area contributed by atoms with Crippen LogP contribution < -0.4 is 5.73 Å². The van der Waals surface area contributed by atoms with Gasteiger partial charge in [0.25, 0.3) is 0 Å². The Morgan fingerprint density at radius 1 is 1.46 bits per heavy atom. The molecule has 1 heterocycles. The lowest BCUT2D eigenvalue weighted by molar-refractivity contribution is 0.589. The van der Waals surface area contributed by atoms with Crippen LogP contribution in [0.3, 0.4) is 0 Å². The van der Waals surface area contributed by atoms with Gasteiger partial charge in [0.1, 0.15) is 0 Å². The zero-order chi connectivity index (χ0) is 10.1. The van der Waals surface area contributed by atoms with Gasteiger partial charge in [0, 0.05) is 6.20 Å². The summed E-state index contributed by atoms with van der Waals surface area (Å²) in [5, 5.41) is 0. The van der Waals surface area contributed by atoms with Crippen LogP contribution in [0.2, 0.25) is 0 Å². The van der Waals surface area contributed by atoms with E-state index in [1.54, 1.807) is 6.20 Å². The lowest BCUT2D eigenvalue weighted by Gasteiger charge is -2.19. The van der Waals surface area contributed by atoms with Crippen LogP contribution in [0.4, 0.5) is 0 Å². The van der Waals surface area contributed by atoms with Gasteiger partial charge in [-0.05, 0) is 23.1 Å². The second kappa shape index (κ2) is 3.21. The molecule has 0 radical (unpaired) electrons. The van der Waals surface area contributed by atoms with Gasteiger partial charge in [0.05, 0.1) is 11.4 Å². The third-order valence-corrected chi connectivity index (χ3v) is 1.95. The molecule has 0 bridgehead atoms. The van der Waals surface area contributed by atoms with E-state index in [1.807, 2.05) is 12.1 Å². The Kier molecular flexibility index (Phi) is 2.41. The molecule has 0 aliphatic heterocycles. The van der Waals surface area contributed by atoms with Gasteiger partial charge < -0.3 is 5.73 Å². The highest BCUT2D eigenvalue weighted by Gasteiger charge is 2.13. The molecule has 0 saturated heterocycles. The molecule has 0 atom stereocenters. The number of hydrogen-bond acceptors (Lipinski definition) is 2. The molecule has 0 aliphatic rings. The Labute approximate surface area is 79.5 Å². The number of nitrogens with zero attached hydrogens (tertiary/aromatic N) is 1. The summed E-state index contributed by atoms with van der Waals surface area (Å²) in [5.74, 6) is 0. The largest absolute Gasteiger partial charge is 0.397 e. The summed E-state index contributed by atoms with van der Waals surface area (Å²) in [6.07, 6.45) is 1.77. The Balaban J connectivity index is 3.13. The summed E-state index contributed by atoms with van der Waals surface area (Å²) in [6.45, 7) is 10.1. The van der Waals surface area contributed by atoms with Crippen molar-refractivity contribution in [2.24, 2.45) is 5.73 Å². The van der Waals surface area contributed by atoms with Crippen molar-refractivity contribution in [3.05, 3.63) is 36.2 Å². The van der Waals surface area contributed by atoms with Crippen molar-refractivity contribution in [2.45, 2.75) is 26.2 Å². The fourth-order valence-electron chi connectivity index (χ4n) is 1.07. The van der Waals surface area contributed by atoms with Gasteiger partial charge in [0.15, 0.2) is 0 Å². The van der Waals surface area contributed by atoms with Crippen molar-refractivity contribution >= 4 is 5.70 Å². The number of aromatic nitrogens is 1. The first-order valence-corrected chi connectivity index (χ1v) is 4.32. The van der Waals surface area contributed by atoms with E-state index in [9.17, 15) is 0 Å². The van der Waals surface area contributed by atoms with Crippen LogP contribution >= 0.6 is 0 Å². The predicted octanol–water partition coefficient (Wildman–Crippen LogP) is 2.31. The van der Waals surface area contributed by atoms with Gasteiger partial charge in [-0.15, -0.1) is 0 Å². The first kappa shape index (κ1) is 9.78. The summed E-state index contributed by atoms with van der Waals surface area (Å²) < 4.78 is 0. The molecule has 0 amide bonds. The van der Waals surface area contributed by atoms with E-state index in [4.69, 9.17) is 5.73 Å². The van der Waals surface area contributed by atoms with Gasteiger partial charge >= 0.3 is 0 Å². The van der Waals surface area contributed by atoms with E-state index in [2.05, 4.69) is 32.3 Å². The predicted molar refractivity (Wildman–Crippen MR) is 56.2 cm³/mol. The molecule has 0 unspecified atom stereocenters. The molecule has 2 heteroatoms. The molecule has 2 N–H and O–H groups in total.